The second-order valence-corrected chi connectivity index (χ2v) is 5.95. The second-order valence-electron chi connectivity index (χ2n) is 5.95. The minimum Gasteiger partial charge on any atom is -0.368 e. The van der Waals surface area contributed by atoms with Gasteiger partial charge in [0.1, 0.15) is 5.69 Å². The Morgan fingerprint density at radius 1 is 1.08 bits per heavy atom. The molecule has 8 heteroatoms. The number of hydrogen-bond donors (Lipinski definition) is 1. The third kappa shape index (κ3) is 3.34. The van der Waals surface area contributed by atoms with Crippen LogP contribution in [0.25, 0.3) is 17.0 Å². The summed E-state index contributed by atoms with van der Waals surface area (Å²) in [7, 11) is 0. The standard InChI is InChI=1S/C18H18N8/c1-2-13-4-3-5-14(21-13)10-26-11-17(24-25-26)16-8-15(22-18(19)23-16)12-6-7-20-9-12/h3-8,11H,2,9-10H2,1H3,(H2,19,22,23). The molecule has 0 spiro atoms. The molecule has 2 N–H and O–H groups in total. The summed E-state index contributed by atoms with van der Waals surface area (Å²) in [5, 5.41) is 8.41. The van der Waals surface area contributed by atoms with Gasteiger partial charge >= 0.3 is 0 Å². The summed E-state index contributed by atoms with van der Waals surface area (Å²) in [6, 6.07) is 7.87. The molecular formula is C18H18N8. The Balaban J connectivity index is 1.59. The predicted octanol–water partition coefficient (Wildman–Crippen LogP) is 1.79. The minimum absolute atomic E-state index is 0.206. The lowest BCUT2D eigenvalue weighted by molar-refractivity contribution is 0.636. The first-order valence-electron chi connectivity index (χ1n) is 8.40. The number of aliphatic imine (C=N–C) groups is 1. The summed E-state index contributed by atoms with van der Waals surface area (Å²) in [4.78, 5) is 17.4. The third-order valence-electron chi connectivity index (χ3n) is 4.07. The van der Waals surface area contributed by atoms with Crippen molar-refractivity contribution in [3.63, 3.8) is 0 Å². The molecule has 0 saturated carbocycles. The molecule has 0 aromatic carbocycles. The minimum atomic E-state index is 0.206. The number of hydrogen-bond acceptors (Lipinski definition) is 7. The van der Waals surface area contributed by atoms with E-state index in [0.717, 1.165) is 29.1 Å². The number of nitrogens with zero attached hydrogens (tertiary/aromatic N) is 7. The van der Waals surface area contributed by atoms with Crippen molar-refractivity contribution < 1.29 is 0 Å². The SMILES string of the molecule is CCc1cccc(Cn2cc(-c3cc(C4=CC=NC4)nc(N)n3)nn2)n1. The van der Waals surface area contributed by atoms with Gasteiger partial charge in [-0.25, -0.2) is 14.6 Å². The molecule has 26 heavy (non-hydrogen) atoms. The van der Waals surface area contributed by atoms with Crippen molar-refractivity contribution in [1.29, 1.82) is 0 Å². The van der Waals surface area contributed by atoms with Crippen LogP contribution in [-0.4, -0.2) is 42.7 Å². The van der Waals surface area contributed by atoms with Gasteiger partial charge in [-0.1, -0.05) is 18.2 Å². The van der Waals surface area contributed by atoms with Gasteiger partial charge in [0.25, 0.3) is 0 Å². The number of aromatic nitrogens is 6. The maximum atomic E-state index is 5.87. The number of nitrogens with two attached hydrogens (primary N) is 1. The van der Waals surface area contributed by atoms with Gasteiger partial charge in [-0.3, -0.25) is 9.98 Å². The number of allylic oxidation sites excluding steroid dienone is 1. The molecule has 4 rings (SSSR count). The van der Waals surface area contributed by atoms with Gasteiger partial charge < -0.3 is 5.73 Å². The van der Waals surface area contributed by atoms with Crippen LogP contribution in [0.4, 0.5) is 5.95 Å². The molecule has 0 bridgehead atoms. The van der Waals surface area contributed by atoms with Gasteiger partial charge in [0.15, 0.2) is 0 Å². The predicted molar refractivity (Wildman–Crippen MR) is 99.5 cm³/mol. The fraction of sp³-hybridized carbons (Fsp3) is 0.222. The Labute approximate surface area is 150 Å². The molecule has 0 atom stereocenters. The number of anilines is 1. The van der Waals surface area contributed by atoms with Gasteiger partial charge in [-0.05, 0) is 30.7 Å². The Kier molecular flexibility index (Phi) is 4.22. The highest BCUT2D eigenvalue weighted by Gasteiger charge is 2.13. The summed E-state index contributed by atoms with van der Waals surface area (Å²) in [6.45, 7) is 3.23. The van der Waals surface area contributed by atoms with Crippen molar-refractivity contribution in [2.75, 3.05) is 12.3 Å². The number of nitrogen functional groups attached to an aromatic ring is 1. The van der Waals surface area contributed by atoms with E-state index in [1.807, 2.05) is 36.5 Å². The van der Waals surface area contributed by atoms with Crippen LogP contribution in [0.3, 0.4) is 0 Å². The van der Waals surface area contributed by atoms with Crippen LogP contribution in [0.15, 0.2) is 41.5 Å². The fourth-order valence-electron chi connectivity index (χ4n) is 2.75. The van der Waals surface area contributed by atoms with E-state index in [4.69, 9.17) is 5.73 Å². The first kappa shape index (κ1) is 16.1. The van der Waals surface area contributed by atoms with Crippen LogP contribution in [-0.2, 0) is 13.0 Å². The topological polar surface area (TPSA) is 108 Å². The molecule has 1 aliphatic heterocycles. The van der Waals surface area contributed by atoms with Crippen LogP contribution in [0.5, 0.6) is 0 Å². The maximum absolute atomic E-state index is 5.87. The van der Waals surface area contributed by atoms with E-state index in [1.165, 1.54) is 0 Å². The number of aryl methyl sites for hydroxylation is 1. The van der Waals surface area contributed by atoms with Crippen molar-refractivity contribution >= 4 is 17.7 Å². The molecule has 0 fully saturated rings. The van der Waals surface area contributed by atoms with Gasteiger partial charge in [0.05, 0.1) is 36.4 Å². The Morgan fingerprint density at radius 3 is 2.73 bits per heavy atom. The summed E-state index contributed by atoms with van der Waals surface area (Å²) in [6.07, 6.45) is 6.43. The first-order valence-corrected chi connectivity index (χ1v) is 8.40. The van der Waals surface area contributed by atoms with Crippen LogP contribution in [0.1, 0.15) is 24.0 Å². The van der Waals surface area contributed by atoms with Crippen molar-refractivity contribution in [2.24, 2.45) is 4.99 Å². The lowest BCUT2D eigenvalue weighted by Gasteiger charge is -2.04. The summed E-state index contributed by atoms with van der Waals surface area (Å²) < 4.78 is 1.74. The molecule has 0 unspecified atom stereocenters. The average Bonchev–Trinajstić information content (AvgIpc) is 3.33. The van der Waals surface area contributed by atoms with E-state index in [1.54, 1.807) is 10.9 Å². The van der Waals surface area contributed by atoms with E-state index >= 15 is 0 Å². The van der Waals surface area contributed by atoms with Crippen LogP contribution in [0, 0.1) is 0 Å². The van der Waals surface area contributed by atoms with E-state index in [9.17, 15) is 0 Å². The quantitative estimate of drug-likeness (QED) is 0.754. The smallest absolute Gasteiger partial charge is 0.221 e. The molecule has 0 radical (unpaired) electrons. The molecule has 0 aliphatic carbocycles. The van der Waals surface area contributed by atoms with Crippen LogP contribution in [0.2, 0.25) is 0 Å². The fourth-order valence-corrected chi connectivity index (χ4v) is 2.75. The van der Waals surface area contributed by atoms with Gasteiger partial charge in [0, 0.05) is 17.5 Å². The zero-order valence-corrected chi connectivity index (χ0v) is 14.4. The summed E-state index contributed by atoms with van der Waals surface area (Å²) in [5.41, 5.74) is 10.9. The van der Waals surface area contributed by atoms with Gasteiger partial charge in [0.2, 0.25) is 5.95 Å². The molecule has 3 aromatic rings. The molecule has 0 saturated heterocycles. The monoisotopic (exact) mass is 346 g/mol. The molecule has 0 amide bonds. The lowest BCUT2D eigenvalue weighted by atomic mass is 10.1. The van der Waals surface area contributed by atoms with E-state index < -0.39 is 0 Å². The van der Waals surface area contributed by atoms with E-state index in [0.29, 0.717) is 24.5 Å². The highest BCUT2D eigenvalue weighted by molar-refractivity contribution is 5.89. The molecule has 8 nitrogen and oxygen atoms in total. The largest absolute Gasteiger partial charge is 0.368 e. The van der Waals surface area contributed by atoms with Crippen molar-refractivity contribution in [2.45, 2.75) is 19.9 Å². The van der Waals surface area contributed by atoms with E-state index in [-0.39, 0.29) is 5.95 Å². The molecule has 130 valence electrons. The van der Waals surface area contributed by atoms with Gasteiger partial charge in [-0.2, -0.15) is 0 Å². The molecule has 1 aliphatic rings. The Bertz CT molecular complexity index is 1000. The summed E-state index contributed by atoms with van der Waals surface area (Å²) >= 11 is 0. The van der Waals surface area contributed by atoms with Crippen LogP contribution >= 0.6 is 0 Å². The van der Waals surface area contributed by atoms with Crippen LogP contribution < -0.4 is 5.73 Å². The Morgan fingerprint density at radius 2 is 1.92 bits per heavy atom. The third-order valence-corrected chi connectivity index (χ3v) is 4.07. The van der Waals surface area contributed by atoms with Crippen molar-refractivity contribution in [1.82, 2.24) is 29.9 Å². The maximum Gasteiger partial charge on any atom is 0.221 e. The molecular weight excluding hydrogens is 328 g/mol. The van der Waals surface area contributed by atoms with E-state index in [2.05, 4.69) is 37.2 Å². The highest BCUT2D eigenvalue weighted by atomic mass is 15.4. The van der Waals surface area contributed by atoms with Crippen molar-refractivity contribution in [3.8, 4) is 11.4 Å². The molecule has 4 heterocycles. The van der Waals surface area contributed by atoms with Gasteiger partial charge in [-0.15, -0.1) is 5.10 Å². The molecule has 3 aromatic heterocycles. The summed E-state index contributed by atoms with van der Waals surface area (Å²) in [5.74, 6) is 0.206. The number of rotatable bonds is 5. The Hall–Kier alpha value is -3.42. The lowest BCUT2D eigenvalue weighted by Crippen LogP contribution is -2.03. The zero-order valence-electron chi connectivity index (χ0n) is 14.4. The first-order chi connectivity index (χ1) is 12.7. The average molecular weight is 346 g/mol. The normalized spacial score (nSPS) is 13.2. The highest BCUT2D eigenvalue weighted by Crippen LogP contribution is 2.22. The van der Waals surface area contributed by atoms with Crippen molar-refractivity contribution in [3.05, 3.63) is 53.6 Å². The second kappa shape index (κ2) is 6.83. The zero-order chi connectivity index (χ0) is 17.9. The number of pyridine rings is 1.